The maximum Gasteiger partial charge on any atom is 0.114 e. The van der Waals surface area contributed by atoms with Gasteiger partial charge in [0.05, 0.1) is 16.7 Å². The summed E-state index contributed by atoms with van der Waals surface area (Å²) in [5, 5.41) is 5.12. The molecule has 2 nitrogen and oxygen atoms in total. The summed E-state index contributed by atoms with van der Waals surface area (Å²) in [7, 11) is 0. The molecule has 46 heavy (non-hydrogen) atoms. The molecular formula is C44H34N2. The second kappa shape index (κ2) is 9.17. The Morgan fingerprint density at radius 3 is 2.13 bits per heavy atom. The number of rotatable bonds is 2. The lowest BCUT2D eigenvalue weighted by Crippen LogP contribution is -2.19. The summed E-state index contributed by atoms with van der Waals surface area (Å²) in [4.78, 5) is 5.84. The fourth-order valence-corrected chi connectivity index (χ4v) is 8.89. The highest BCUT2D eigenvalue weighted by atomic mass is 15.1. The molecule has 7 aromatic rings. The van der Waals surface area contributed by atoms with E-state index in [9.17, 15) is 0 Å². The van der Waals surface area contributed by atoms with Crippen molar-refractivity contribution in [2.24, 2.45) is 10.9 Å². The lowest BCUT2D eigenvalue weighted by atomic mass is 9.81. The molecule has 0 N–H and O–H groups in total. The Bertz CT molecular complexity index is 2440. The van der Waals surface area contributed by atoms with Crippen molar-refractivity contribution in [2.45, 2.75) is 37.5 Å². The Labute approximate surface area is 269 Å². The number of para-hydroxylation sites is 1. The molecule has 0 bridgehead atoms. The Morgan fingerprint density at radius 2 is 1.33 bits per heavy atom. The molecule has 0 spiro atoms. The van der Waals surface area contributed by atoms with Crippen molar-refractivity contribution in [3.05, 3.63) is 162 Å². The van der Waals surface area contributed by atoms with Crippen molar-refractivity contribution in [3.63, 3.8) is 0 Å². The van der Waals surface area contributed by atoms with Gasteiger partial charge in [-0.3, -0.25) is 4.57 Å². The highest BCUT2D eigenvalue weighted by molar-refractivity contribution is 6.18. The topological polar surface area (TPSA) is 17.3 Å². The molecule has 2 aliphatic carbocycles. The minimum Gasteiger partial charge on any atom is -0.297 e. The highest BCUT2D eigenvalue weighted by Crippen LogP contribution is 2.69. The van der Waals surface area contributed by atoms with Crippen LogP contribution in [0.25, 0.3) is 49.3 Å². The van der Waals surface area contributed by atoms with E-state index in [2.05, 4.69) is 158 Å². The van der Waals surface area contributed by atoms with Crippen molar-refractivity contribution in [1.29, 1.82) is 0 Å². The minimum absolute atomic E-state index is 0.0376. The Hall–Kier alpha value is -5.21. The van der Waals surface area contributed by atoms with Crippen LogP contribution in [0.4, 0.5) is 0 Å². The zero-order chi connectivity index (χ0) is 30.6. The van der Waals surface area contributed by atoms with Gasteiger partial charge in [-0.05, 0) is 80.8 Å². The van der Waals surface area contributed by atoms with Crippen LogP contribution in [0, 0.1) is 5.92 Å². The van der Waals surface area contributed by atoms with Gasteiger partial charge in [0.15, 0.2) is 0 Å². The molecule has 1 unspecified atom stereocenters. The summed E-state index contributed by atoms with van der Waals surface area (Å²) in [5.41, 5.74) is 11.6. The zero-order valence-electron chi connectivity index (χ0n) is 26.2. The van der Waals surface area contributed by atoms with Gasteiger partial charge in [-0.1, -0.05) is 129 Å². The van der Waals surface area contributed by atoms with Crippen LogP contribution in [0.2, 0.25) is 0 Å². The smallest absolute Gasteiger partial charge is 0.114 e. The van der Waals surface area contributed by atoms with Gasteiger partial charge in [-0.15, -0.1) is 0 Å². The predicted molar refractivity (Wildman–Crippen MR) is 192 cm³/mol. The van der Waals surface area contributed by atoms with Crippen LogP contribution in [0.1, 0.15) is 43.4 Å². The fraction of sp³-hybridized carbons (Fsp3) is 0.159. The van der Waals surface area contributed by atoms with Crippen LogP contribution in [-0.2, 0) is 10.8 Å². The Balaban J connectivity index is 1.25. The first kappa shape index (κ1) is 26.1. The first-order valence-electron chi connectivity index (χ1n) is 16.5. The third kappa shape index (κ3) is 3.45. The summed E-state index contributed by atoms with van der Waals surface area (Å²) >= 11 is 0. The molecule has 6 aromatic carbocycles. The average molecular weight is 591 g/mol. The molecule has 1 saturated carbocycles. The quantitative estimate of drug-likeness (QED) is 0.191. The molecule has 10 rings (SSSR count). The van der Waals surface area contributed by atoms with Gasteiger partial charge in [-0.25, -0.2) is 4.99 Å². The van der Waals surface area contributed by atoms with E-state index in [1.54, 1.807) is 0 Å². The number of hydrogen-bond acceptors (Lipinski definition) is 1. The number of hydrogen-bond donors (Lipinski definition) is 0. The van der Waals surface area contributed by atoms with Crippen LogP contribution >= 0.6 is 0 Å². The van der Waals surface area contributed by atoms with E-state index in [-0.39, 0.29) is 10.8 Å². The number of benzene rings is 6. The molecule has 3 aliphatic rings. The van der Waals surface area contributed by atoms with Crippen LogP contribution in [-0.4, -0.2) is 10.4 Å². The Kier molecular flexibility index (Phi) is 5.19. The van der Waals surface area contributed by atoms with Crippen molar-refractivity contribution < 1.29 is 0 Å². The number of nitrogens with zero attached hydrogens (tertiary/aromatic N) is 2. The summed E-state index contributed by atoms with van der Waals surface area (Å²) < 4.78 is 2.50. The standard InChI is InChI=1S/C44H34N2/c1-43(2)37-24-31(28-13-5-3-6-14-28)21-22-35(37)41-42(43)45-40(26-33-27-44(33,41)32-17-7-4-8-18-32)46-38-20-12-11-19-34(38)36-23-29-15-9-10-16-30(29)25-39(36)46/h3-25,33H,26-27H2,1-2H3/t33?,44-/m1/s1. The third-order valence-electron chi connectivity index (χ3n) is 11.2. The van der Waals surface area contributed by atoms with E-state index in [0.29, 0.717) is 5.92 Å². The van der Waals surface area contributed by atoms with Crippen LogP contribution in [0.15, 0.2) is 150 Å². The van der Waals surface area contributed by atoms with E-state index >= 15 is 0 Å². The molecule has 0 amide bonds. The van der Waals surface area contributed by atoms with Crippen molar-refractivity contribution in [2.75, 3.05) is 0 Å². The third-order valence-corrected chi connectivity index (χ3v) is 11.2. The van der Waals surface area contributed by atoms with Crippen molar-refractivity contribution in [1.82, 2.24) is 4.57 Å². The van der Waals surface area contributed by atoms with Crippen molar-refractivity contribution in [3.8, 4) is 11.1 Å². The first-order valence-corrected chi connectivity index (χ1v) is 16.5. The maximum absolute atomic E-state index is 5.84. The molecule has 1 aliphatic heterocycles. The second-order valence-corrected chi connectivity index (χ2v) is 14.0. The van der Waals surface area contributed by atoms with Gasteiger partial charge in [0.1, 0.15) is 5.84 Å². The summed E-state index contributed by atoms with van der Waals surface area (Å²) in [6.45, 7) is 4.79. The van der Waals surface area contributed by atoms with Crippen LogP contribution < -0.4 is 0 Å². The monoisotopic (exact) mass is 590 g/mol. The fourth-order valence-electron chi connectivity index (χ4n) is 8.89. The van der Waals surface area contributed by atoms with Gasteiger partial charge in [0.25, 0.3) is 0 Å². The van der Waals surface area contributed by atoms with Crippen molar-refractivity contribution >= 4 is 44.0 Å². The molecule has 0 saturated heterocycles. The number of aromatic nitrogens is 1. The molecule has 1 aromatic heterocycles. The molecular weight excluding hydrogens is 556 g/mol. The number of allylic oxidation sites excluding steroid dienone is 2. The average Bonchev–Trinajstić information content (AvgIpc) is 3.69. The summed E-state index contributed by atoms with van der Waals surface area (Å²) in [6.07, 6.45) is 2.08. The molecule has 2 atom stereocenters. The SMILES string of the molecule is CC1(C)C2=C(c3ccc(-c4ccccc4)cc31)[C@@]1(c3ccccc3)CC1CC(n1c3ccccc3c3cc4ccccc4cc31)=N2. The lowest BCUT2D eigenvalue weighted by molar-refractivity contribution is 0.629. The van der Waals surface area contributed by atoms with E-state index in [1.807, 2.05) is 0 Å². The normalized spacial score (nSPS) is 21.2. The van der Waals surface area contributed by atoms with E-state index in [4.69, 9.17) is 4.99 Å². The van der Waals surface area contributed by atoms with E-state index in [0.717, 1.165) is 12.8 Å². The molecule has 1 fully saturated rings. The van der Waals surface area contributed by atoms with Gasteiger partial charge in [0.2, 0.25) is 0 Å². The molecule has 2 heterocycles. The van der Waals surface area contributed by atoms with Gasteiger partial charge >= 0.3 is 0 Å². The van der Waals surface area contributed by atoms with E-state index in [1.165, 1.54) is 77.5 Å². The number of aliphatic imine (C=N–C) groups is 1. The molecule has 220 valence electrons. The largest absolute Gasteiger partial charge is 0.297 e. The molecule has 0 radical (unpaired) electrons. The summed E-state index contributed by atoms with van der Waals surface area (Å²) in [5.74, 6) is 1.65. The van der Waals surface area contributed by atoms with Crippen LogP contribution in [0.3, 0.4) is 0 Å². The lowest BCUT2D eigenvalue weighted by Gasteiger charge is -2.24. The van der Waals surface area contributed by atoms with Crippen LogP contribution in [0.5, 0.6) is 0 Å². The Morgan fingerprint density at radius 1 is 0.630 bits per heavy atom. The number of fused-ring (bicyclic) bond motifs is 8. The van der Waals surface area contributed by atoms with Gasteiger partial charge < -0.3 is 0 Å². The van der Waals surface area contributed by atoms with Gasteiger partial charge in [0, 0.05) is 28.0 Å². The predicted octanol–water partition coefficient (Wildman–Crippen LogP) is 10.9. The molecule has 2 heteroatoms. The zero-order valence-corrected chi connectivity index (χ0v) is 26.2. The maximum atomic E-state index is 5.84. The van der Waals surface area contributed by atoms with Gasteiger partial charge in [-0.2, -0.15) is 0 Å². The minimum atomic E-state index is -0.245. The summed E-state index contributed by atoms with van der Waals surface area (Å²) in [6, 6.07) is 51.6. The first-order chi connectivity index (χ1) is 22.5. The second-order valence-electron chi connectivity index (χ2n) is 14.0. The van der Waals surface area contributed by atoms with E-state index < -0.39 is 0 Å². The highest BCUT2D eigenvalue weighted by Gasteiger charge is 2.62.